The molecule has 1 heterocycles. The number of rotatable bonds is 7. The first-order valence-corrected chi connectivity index (χ1v) is 10.5. The Labute approximate surface area is 177 Å². The van der Waals surface area contributed by atoms with Gasteiger partial charge in [0.25, 0.3) is 0 Å². The van der Waals surface area contributed by atoms with E-state index in [1.54, 1.807) is 13.0 Å². The van der Waals surface area contributed by atoms with Crippen LogP contribution in [-0.2, 0) is 28.7 Å². The Morgan fingerprint density at radius 1 is 1.40 bits per heavy atom. The molecule has 7 heteroatoms. The van der Waals surface area contributed by atoms with Gasteiger partial charge in [0.15, 0.2) is 0 Å². The summed E-state index contributed by atoms with van der Waals surface area (Å²) in [5.41, 5.74) is 0.273. The Bertz CT molecular complexity index is 802. The fraction of sp³-hybridized carbons (Fsp3) is 0.652. The Balaban J connectivity index is 1.91. The summed E-state index contributed by atoms with van der Waals surface area (Å²) in [5.74, 6) is -0.890. The van der Waals surface area contributed by atoms with Gasteiger partial charge in [-0.3, -0.25) is 14.9 Å². The number of allylic oxidation sites excluding steroid dienone is 1. The molecule has 5 atom stereocenters. The van der Waals surface area contributed by atoms with E-state index >= 15 is 0 Å². The molecule has 164 valence electrons. The van der Waals surface area contributed by atoms with Gasteiger partial charge in [0.2, 0.25) is 0 Å². The SMILES string of the molecule is C=C1CCC2[C@](C)(C=O)C(=O)CC[C@@]2(C)[C@@H]1CC(NCC(=O)OC)C1=CCOC1=O. The highest BCUT2D eigenvalue weighted by atomic mass is 16.5. The van der Waals surface area contributed by atoms with Crippen LogP contribution in [0.1, 0.15) is 46.0 Å². The van der Waals surface area contributed by atoms with Gasteiger partial charge >= 0.3 is 11.9 Å². The summed E-state index contributed by atoms with van der Waals surface area (Å²) in [5, 5.41) is 3.15. The second-order valence-corrected chi connectivity index (χ2v) is 9.13. The van der Waals surface area contributed by atoms with Gasteiger partial charge in [-0.2, -0.15) is 0 Å². The second kappa shape index (κ2) is 8.46. The highest BCUT2D eigenvalue weighted by Gasteiger charge is 2.58. The first kappa shape index (κ1) is 22.4. The predicted molar refractivity (Wildman–Crippen MR) is 109 cm³/mol. The fourth-order valence-corrected chi connectivity index (χ4v) is 5.80. The summed E-state index contributed by atoms with van der Waals surface area (Å²) in [4.78, 5) is 48.6. The van der Waals surface area contributed by atoms with E-state index < -0.39 is 23.4 Å². The van der Waals surface area contributed by atoms with Crippen LogP contribution in [0.5, 0.6) is 0 Å². The largest absolute Gasteiger partial charge is 0.468 e. The lowest BCUT2D eigenvalue weighted by Crippen LogP contribution is -2.56. The topological polar surface area (TPSA) is 98.8 Å². The number of esters is 2. The van der Waals surface area contributed by atoms with Crippen LogP contribution in [0.25, 0.3) is 0 Å². The lowest BCUT2D eigenvalue weighted by molar-refractivity contribution is -0.152. The van der Waals surface area contributed by atoms with Gasteiger partial charge in [-0.1, -0.05) is 19.1 Å². The molecular weight excluding hydrogens is 386 g/mol. The number of fused-ring (bicyclic) bond motifs is 1. The van der Waals surface area contributed by atoms with Crippen molar-refractivity contribution >= 4 is 24.0 Å². The normalized spacial score (nSPS) is 34.6. The molecule has 2 unspecified atom stereocenters. The number of aldehydes is 1. The number of ether oxygens (including phenoxy) is 2. The van der Waals surface area contributed by atoms with E-state index in [0.717, 1.165) is 24.7 Å². The molecule has 2 aliphatic carbocycles. The average molecular weight is 418 g/mol. The van der Waals surface area contributed by atoms with Crippen LogP contribution in [0.15, 0.2) is 23.8 Å². The second-order valence-electron chi connectivity index (χ2n) is 9.13. The van der Waals surface area contributed by atoms with Crippen molar-refractivity contribution in [3.8, 4) is 0 Å². The standard InChI is InChI=1S/C23H31NO6/c1-14-5-6-18-22(2,9-7-19(26)23(18,3)13-25)16(14)11-17(24-12-20(27)29-4)15-8-10-30-21(15)28/h8,13,16-18,24H,1,5-7,9-12H2,2-4H3/t16-,17?,18?,22+,23+/m1/s1. The third kappa shape index (κ3) is 3.75. The van der Waals surface area contributed by atoms with Crippen molar-refractivity contribution in [2.45, 2.75) is 52.0 Å². The van der Waals surface area contributed by atoms with Crippen molar-refractivity contribution in [1.29, 1.82) is 0 Å². The summed E-state index contributed by atoms with van der Waals surface area (Å²) in [6, 6.07) is -0.406. The highest BCUT2D eigenvalue weighted by Crippen LogP contribution is 2.60. The molecule has 0 saturated heterocycles. The smallest absolute Gasteiger partial charge is 0.335 e. The molecule has 0 aromatic carbocycles. The molecule has 1 N–H and O–H groups in total. The minimum atomic E-state index is -0.994. The van der Waals surface area contributed by atoms with E-state index in [0.29, 0.717) is 24.8 Å². The number of Topliss-reactive ketones (excluding diaryl/α,β-unsaturated/α-hetero) is 1. The lowest BCUT2D eigenvalue weighted by atomic mass is 9.46. The fourth-order valence-electron chi connectivity index (χ4n) is 5.80. The van der Waals surface area contributed by atoms with Crippen LogP contribution in [0, 0.1) is 22.7 Å². The molecular formula is C23H31NO6. The Morgan fingerprint density at radius 2 is 2.13 bits per heavy atom. The number of hydrogen-bond donors (Lipinski definition) is 1. The highest BCUT2D eigenvalue weighted by molar-refractivity contribution is 5.99. The number of carbonyl (C=O) groups is 4. The van der Waals surface area contributed by atoms with Crippen molar-refractivity contribution in [3.05, 3.63) is 23.8 Å². The molecule has 7 nitrogen and oxygen atoms in total. The van der Waals surface area contributed by atoms with E-state index in [1.807, 2.05) is 0 Å². The molecule has 0 amide bonds. The summed E-state index contributed by atoms with van der Waals surface area (Å²) in [6.45, 7) is 8.39. The molecule has 0 spiro atoms. The maximum absolute atomic E-state index is 12.6. The molecule has 2 fully saturated rings. The number of methoxy groups -OCH3 is 1. The summed E-state index contributed by atoms with van der Waals surface area (Å²) >= 11 is 0. The van der Waals surface area contributed by atoms with Crippen LogP contribution in [0.4, 0.5) is 0 Å². The Kier molecular flexibility index (Phi) is 6.32. The van der Waals surface area contributed by atoms with Crippen molar-refractivity contribution in [1.82, 2.24) is 5.32 Å². The first-order valence-electron chi connectivity index (χ1n) is 10.5. The van der Waals surface area contributed by atoms with Crippen LogP contribution < -0.4 is 5.32 Å². The minimum Gasteiger partial charge on any atom is -0.468 e. The molecule has 0 radical (unpaired) electrons. The van der Waals surface area contributed by atoms with Crippen molar-refractivity contribution in [3.63, 3.8) is 0 Å². The Morgan fingerprint density at radius 3 is 2.73 bits per heavy atom. The lowest BCUT2D eigenvalue weighted by Gasteiger charge is -2.56. The maximum atomic E-state index is 12.6. The van der Waals surface area contributed by atoms with Gasteiger partial charge < -0.3 is 14.3 Å². The van der Waals surface area contributed by atoms with Crippen LogP contribution in [-0.4, -0.2) is 50.3 Å². The summed E-state index contributed by atoms with van der Waals surface area (Å²) in [6.07, 6.45) is 5.61. The average Bonchev–Trinajstić information content (AvgIpc) is 3.15. The third-order valence-corrected chi connectivity index (χ3v) is 7.62. The molecule has 30 heavy (non-hydrogen) atoms. The van der Waals surface area contributed by atoms with Gasteiger partial charge in [-0.05, 0) is 55.9 Å². The number of carbonyl (C=O) groups excluding carboxylic acids is 4. The van der Waals surface area contributed by atoms with E-state index in [9.17, 15) is 19.2 Å². The minimum absolute atomic E-state index is 0.00641. The number of ketones is 1. The predicted octanol–water partition coefficient (Wildman–Crippen LogP) is 2.15. The summed E-state index contributed by atoms with van der Waals surface area (Å²) < 4.78 is 9.82. The van der Waals surface area contributed by atoms with Crippen LogP contribution in [0.2, 0.25) is 0 Å². The van der Waals surface area contributed by atoms with Crippen molar-refractivity contribution < 1.29 is 28.7 Å². The van der Waals surface area contributed by atoms with Gasteiger partial charge in [-0.25, -0.2) is 4.79 Å². The number of nitrogens with one attached hydrogen (secondary N) is 1. The first-order chi connectivity index (χ1) is 14.2. The number of cyclic esters (lactones) is 1. The van der Waals surface area contributed by atoms with Crippen LogP contribution in [0.3, 0.4) is 0 Å². The molecule has 2 saturated carbocycles. The maximum Gasteiger partial charge on any atom is 0.335 e. The van der Waals surface area contributed by atoms with Crippen molar-refractivity contribution in [2.75, 3.05) is 20.3 Å². The van der Waals surface area contributed by atoms with E-state index in [4.69, 9.17) is 9.47 Å². The quantitative estimate of drug-likeness (QED) is 0.293. The zero-order valence-electron chi connectivity index (χ0n) is 18.0. The van der Waals surface area contributed by atoms with Crippen molar-refractivity contribution in [2.24, 2.45) is 22.7 Å². The van der Waals surface area contributed by atoms with Gasteiger partial charge in [0, 0.05) is 12.5 Å². The van der Waals surface area contributed by atoms with Crippen LogP contribution >= 0.6 is 0 Å². The molecule has 3 rings (SSSR count). The van der Waals surface area contributed by atoms with Gasteiger partial charge in [0.05, 0.1) is 24.6 Å². The van der Waals surface area contributed by atoms with E-state index in [1.165, 1.54) is 7.11 Å². The van der Waals surface area contributed by atoms with Gasteiger partial charge in [-0.15, -0.1) is 0 Å². The molecule has 3 aliphatic rings. The zero-order valence-corrected chi connectivity index (χ0v) is 18.0. The van der Waals surface area contributed by atoms with Gasteiger partial charge in [0.1, 0.15) is 18.7 Å². The molecule has 1 aliphatic heterocycles. The molecule has 0 aromatic rings. The molecule has 0 bridgehead atoms. The zero-order chi connectivity index (χ0) is 22.1. The Hall–Kier alpha value is -2.28. The third-order valence-electron chi connectivity index (χ3n) is 7.62. The summed E-state index contributed by atoms with van der Waals surface area (Å²) in [7, 11) is 1.32. The van der Waals surface area contributed by atoms with E-state index in [-0.39, 0.29) is 36.2 Å². The number of hydrogen-bond acceptors (Lipinski definition) is 7. The van der Waals surface area contributed by atoms with E-state index in [2.05, 4.69) is 18.8 Å². The monoisotopic (exact) mass is 417 g/mol. The molecule has 0 aromatic heterocycles.